The van der Waals surface area contributed by atoms with Crippen molar-refractivity contribution in [3.05, 3.63) is 24.2 Å². The van der Waals surface area contributed by atoms with Crippen LogP contribution in [0.25, 0.3) is 0 Å². The van der Waals surface area contributed by atoms with Crippen molar-refractivity contribution in [3.8, 4) is 0 Å². The second kappa shape index (κ2) is 9.62. The number of rotatable bonds is 8. The van der Waals surface area contributed by atoms with Gasteiger partial charge in [-0.25, -0.2) is 4.79 Å². The Morgan fingerprint density at radius 2 is 2.00 bits per heavy atom. The van der Waals surface area contributed by atoms with Crippen molar-refractivity contribution < 1.29 is 14.0 Å². The molecule has 1 aromatic rings. The number of furan rings is 1. The summed E-state index contributed by atoms with van der Waals surface area (Å²) in [6, 6.07) is 3.79. The number of carbonyl (C=O) groups is 2. The van der Waals surface area contributed by atoms with E-state index in [1.165, 1.54) is 19.3 Å². The minimum atomic E-state index is -0.161. The minimum absolute atomic E-state index is 0.0817. The summed E-state index contributed by atoms with van der Waals surface area (Å²) >= 11 is 0. The van der Waals surface area contributed by atoms with Gasteiger partial charge in [0.05, 0.1) is 12.3 Å². The molecule has 2 N–H and O–H groups in total. The summed E-state index contributed by atoms with van der Waals surface area (Å²) in [6.07, 6.45) is 7.75. The van der Waals surface area contributed by atoms with Crippen molar-refractivity contribution in [2.24, 2.45) is 0 Å². The predicted molar refractivity (Wildman–Crippen MR) is 98.7 cm³/mol. The van der Waals surface area contributed by atoms with E-state index >= 15 is 0 Å². The molecule has 3 rings (SSSR count). The molecule has 2 aliphatic heterocycles. The summed E-state index contributed by atoms with van der Waals surface area (Å²) in [5.74, 6) is 1.14. The largest absolute Gasteiger partial charge is 0.468 e. The Morgan fingerprint density at radius 3 is 2.69 bits per heavy atom. The van der Waals surface area contributed by atoms with E-state index in [1.54, 1.807) is 6.26 Å². The molecule has 2 fully saturated rings. The van der Waals surface area contributed by atoms with Crippen LogP contribution >= 0.6 is 0 Å². The van der Waals surface area contributed by atoms with Crippen molar-refractivity contribution in [1.82, 2.24) is 20.4 Å². The first-order valence-corrected chi connectivity index (χ1v) is 9.81. The predicted octanol–water partition coefficient (Wildman–Crippen LogP) is 2.12. The summed E-state index contributed by atoms with van der Waals surface area (Å²) in [6.45, 7) is 4.76. The zero-order valence-electron chi connectivity index (χ0n) is 15.4. The van der Waals surface area contributed by atoms with E-state index in [0.717, 1.165) is 44.8 Å². The normalized spacial score (nSPS) is 19.5. The lowest BCUT2D eigenvalue weighted by molar-refractivity contribution is -0.127. The van der Waals surface area contributed by atoms with Crippen molar-refractivity contribution in [1.29, 1.82) is 0 Å². The van der Waals surface area contributed by atoms with Gasteiger partial charge >= 0.3 is 6.03 Å². The molecule has 144 valence electrons. The highest BCUT2D eigenvalue weighted by Gasteiger charge is 2.25. The van der Waals surface area contributed by atoms with Gasteiger partial charge in [-0.2, -0.15) is 0 Å². The summed E-state index contributed by atoms with van der Waals surface area (Å²) < 4.78 is 5.60. The summed E-state index contributed by atoms with van der Waals surface area (Å²) in [5.41, 5.74) is 0. The van der Waals surface area contributed by atoms with Gasteiger partial charge in [-0.1, -0.05) is 6.42 Å². The Kier molecular flexibility index (Phi) is 6.94. The van der Waals surface area contributed by atoms with E-state index in [2.05, 4.69) is 15.5 Å². The number of urea groups is 1. The molecule has 26 heavy (non-hydrogen) atoms. The molecule has 3 amide bonds. The van der Waals surface area contributed by atoms with Crippen LogP contribution < -0.4 is 10.6 Å². The molecule has 0 aromatic carbocycles. The Hall–Kier alpha value is -2.02. The van der Waals surface area contributed by atoms with E-state index in [1.807, 2.05) is 17.0 Å². The van der Waals surface area contributed by atoms with E-state index in [4.69, 9.17) is 4.42 Å². The van der Waals surface area contributed by atoms with Gasteiger partial charge in [0.2, 0.25) is 5.91 Å². The van der Waals surface area contributed by atoms with Gasteiger partial charge in [-0.3, -0.25) is 9.69 Å². The van der Waals surface area contributed by atoms with Crippen LogP contribution in [0.4, 0.5) is 4.79 Å². The van der Waals surface area contributed by atoms with E-state index in [9.17, 15) is 9.59 Å². The lowest BCUT2D eigenvalue weighted by Crippen LogP contribution is -2.44. The highest BCUT2D eigenvalue weighted by Crippen LogP contribution is 2.24. The van der Waals surface area contributed by atoms with Gasteiger partial charge in [-0.05, 0) is 50.9 Å². The summed E-state index contributed by atoms with van der Waals surface area (Å²) in [5, 5.41) is 5.86. The monoisotopic (exact) mass is 362 g/mol. The average molecular weight is 362 g/mol. The third-order valence-electron chi connectivity index (χ3n) is 5.22. The molecule has 7 heteroatoms. The van der Waals surface area contributed by atoms with E-state index in [-0.39, 0.29) is 18.0 Å². The van der Waals surface area contributed by atoms with Crippen LogP contribution in [-0.2, 0) is 4.79 Å². The van der Waals surface area contributed by atoms with Gasteiger partial charge in [0.15, 0.2) is 0 Å². The van der Waals surface area contributed by atoms with Crippen LogP contribution in [0.15, 0.2) is 22.8 Å². The van der Waals surface area contributed by atoms with Crippen LogP contribution in [0.5, 0.6) is 0 Å². The van der Waals surface area contributed by atoms with Gasteiger partial charge in [0, 0.05) is 32.6 Å². The number of nitrogens with zero attached hydrogens (tertiary/aromatic N) is 2. The zero-order chi connectivity index (χ0) is 18.2. The lowest BCUT2D eigenvalue weighted by atomic mass is 10.1. The highest BCUT2D eigenvalue weighted by atomic mass is 16.3. The third-order valence-corrected chi connectivity index (χ3v) is 5.22. The topological polar surface area (TPSA) is 77.8 Å². The smallest absolute Gasteiger partial charge is 0.314 e. The lowest BCUT2D eigenvalue weighted by Gasteiger charge is -2.33. The second-order valence-corrected chi connectivity index (χ2v) is 7.10. The first kappa shape index (κ1) is 18.8. The second-order valence-electron chi connectivity index (χ2n) is 7.10. The fraction of sp³-hybridized carbons (Fsp3) is 0.684. The SMILES string of the molecule is O=C(NCCCN1CCCC1=O)NC[C@H](c1ccco1)N1CCCCC1. The third kappa shape index (κ3) is 5.24. The molecular formula is C19H30N4O3. The quantitative estimate of drug-likeness (QED) is 0.695. The zero-order valence-corrected chi connectivity index (χ0v) is 15.4. The van der Waals surface area contributed by atoms with E-state index < -0.39 is 0 Å². The van der Waals surface area contributed by atoms with Crippen molar-refractivity contribution in [2.75, 3.05) is 39.3 Å². The van der Waals surface area contributed by atoms with E-state index in [0.29, 0.717) is 19.5 Å². The number of hydrogen-bond acceptors (Lipinski definition) is 4. The molecule has 1 atom stereocenters. The molecule has 0 aliphatic carbocycles. The van der Waals surface area contributed by atoms with Crippen molar-refractivity contribution in [3.63, 3.8) is 0 Å². The Morgan fingerprint density at radius 1 is 1.15 bits per heavy atom. The molecule has 0 spiro atoms. The summed E-state index contributed by atoms with van der Waals surface area (Å²) in [7, 11) is 0. The van der Waals surface area contributed by atoms with Gasteiger partial charge in [-0.15, -0.1) is 0 Å². The standard InChI is InChI=1S/C19H30N4O3/c24-18-8-4-12-23(18)13-6-9-20-19(25)21-15-16(17-7-5-14-26-17)22-10-2-1-3-11-22/h5,7,14,16H,1-4,6,8-13,15H2,(H2,20,21,25)/t16-/m1/s1. The maximum absolute atomic E-state index is 12.1. The molecule has 0 saturated carbocycles. The van der Waals surface area contributed by atoms with Crippen molar-refractivity contribution in [2.45, 2.75) is 44.6 Å². The van der Waals surface area contributed by atoms with Crippen molar-refractivity contribution >= 4 is 11.9 Å². The molecular weight excluding hydrogens is 332 g/mol. The number of hydrogen-bond donors (Lipinski definition) is 2. The summed E-state index contributed by atoms with van der Waals surface area (Å²) in [4.78, 5) is 27.9. The Bertz CT molecular complexity index is 569. The number of carbonyl (C=O) groups excluding carboxylic acids is 2. The van der Waals surface area contributed by atoms with Crippen LogP contribution in [0.3, 0.4) is 0 Å². The molecule has 1 aromatic heterocycles. The van der Waals surface area contributed by atoms with Gasteiger partial charge in [0.25, 0.3) is 0 Å². The molecule has 2 aliphatic rings. The fourth-order valence-corrected chi connectivity index (χ4v) is 3.78. The number of amides is 3. The average Bonchev–Trinajstić information content (AvgIpc) is 3.32. The van der Waals surface area contributed by atoms with Crippen LogP contribution in [-0.4, -0.2) is 61.0 Å². The Labute approximate surface area is 155 Å². The first-order chi connectivity index (χ1) is 12.7. The molecule has 2 saturated heterocycles. The van der Waals surface area contributed by atoms with Crippen LogP contribution in [0, 0.1) is 0 Å². The Balaban J connectivity index is 1.39. The molecule has 0 unspecified atom stereocenters. The minimum Gasteiger partial charge on any atom is -0.468 e. The number of nitrogens with one attached hydrogen (secondary N) is 2. The van der Waals surface area contributed by atoms with Crippen LogP contribution in [0.1, 0.15) is 50.3 Å². The van der Waals surface area contributed by atoms with Crippen LogP contribution in [0.2, 0.25) is 0 Å². The maximum Gasteiger partial charge on any atom is 0.314 e. The first-order valence-electron chi connectivity index (χ1n) is 9.81. The number of piperidine rings is 1. The molecule has 0 radical (unpaired) electrons. The molecule has 0 bridgehead atoms. The molecule has 3 heterocycles. The maximum atomic E-state index is 12.1. The number of likely N-dealkylation sites (tertiary alicyclic amines) is 2. The highest BCUT2D eigenvalue weighted by molar-refractivity contribution is 5.78. The molecule has 7 nitrogen and oxygen atoms in total. The van der Waals surface area contributed by atoms with Gasteiger partial charge < -0.3 is 20.0 Å². The van der Waals surface area contributed by atoms with Gasteiger partial charge in [0.1, 0.15) is 5.76 Å². The fourth-order valence-electron chi connectivity index (χ4n) is 3.78.